The molecule has 0 amide bonds. The highest BCUT2D eigenvalue weighted by molar-refractivity contribution is 5.77. The fourth-order valence-corrected chi connectivity index (χ4v) is 3.91. The number of fused-ring (bicyclic) bond motifs is 2. The molecule has 1 aliphatic heterocycles. The highest BCUT2D eigenvalue weighted by Crippen LogP contribution is 2.27. The van der Waals surface area contributed by atoms with E-state index in [1.807, 2.05) is 37.3 Å². The van der Waals surface area contributed by atoms with E-state index < -0.39 is 0 Å². The van der Waals surface area contributed by atoms with Crippen molar-refractivity contribution in [3.63, 3.8) is 0 Å². The summed E-state index contributed by atoms with van der Waals surface area (Å²) in [6, 6.07) is 15.0. The molecule has 1 aliphatic rings. The van der Waals surface area contributed by atoms with Crippen LogP contribution in [0, 0.1) is 6.92 Å². The Bertz CT molecular complexity index is 1170. The lowest BCUT2D eigenvalue weighted by molar-refractivity contribution is 0.540. The molecular weight excluding hydrogens is 362 g/mol. The van der Waals surface area contributed by atoms with E-state index in [1.54, 1.807) is 0 Å². The van der Waals surface area contributed by atoms with Crippen molar-refractivity contribution in [2.75, 3.05) is 36.0 Å². The Labute approximate surface area is 170 Å². The maximum Gasteiger partial charge on any atom is 0.298 e. The van der Waals surface area contributed by atoms with Crippen LogP contribution < -0.4 is 9.80 Å². The minimum absolute atomic E-state index is 0.481. The smallest absolute Gasteiger partial charge is 0.298 e. The summed E-state index contributed by atoms with van der Waals surface area (Å²) in [6.07, 6.45) is 0. The maximum atomic E-state index is 6.03. The van der Waals surface area contributed by atoms with Crippen molar-refractivity contribution in [3.05, 3.63) is 53.7 Å². The third kappa shape index (κ3) is 3.28. The number of aryl methyl sites for hydroxylation is 1. The lowest BCUT2D eigenvalue weighted by atomic mass is 10.0. The Morgan fingerprint density at radius 3 is 2.24 bits per heavy atom. The normalized spacial score (nSPS) is 15.0. The third-order valence-electron chi connectivity index (χ3n) is 5.64. The van der Waals surface area contributed by atoms with Crippen molar-refractivity contribution >= 4 is 34.0 Å². The number of piperazine rings is 1. The van der Waals surface area contributed by atoms with Gasteiger partial charge in [-0.1, -0.05) is 32.0 Å². The highest BCUT2D eigenvalue weighted by atomic mass is 16.4. The average Bonchev–Trinajstić information content (AvgIpc) is 3.17. The summed E-state index contributed by atoms with van der Waals surface area (Å²) in [5.74, 6) is 1.46. The van der Waals surface area contributed by atoms with Crippen LogP contribution in [0.4, 0.5) is 11.8 Å². The predicted molar refractivity (Wildman–Crippen MR) is 117 cm³/mol. The molecule has 5 rings (SSSR count). The highest BCUT2D eigenvalue weighted by Gasteiger charge is 2.23. The minimum Gasteiger partial charge on any atom is -0.423 e. The molecule has 0 atom stereocenters. The Balaban J connectivity index is 1.35. The summed E-state index contributed by atoms with van der Waals surface area (Å²) >= 11 is 0. The molecule has 0 radical (unpaired) electrons. The second kappa shape index (κ2) is 7.03. The topological polar surface area (TPSA) is 58.3 Å². The van der Waals surface area contributed by atoms with Crippen molar-refractivity contribution in [1.82, 2.24) is 15.0 Å². The second-order valence-corrected chi connectivity index (χ2v) is 7.97. The SMILES string of the molecule is Cc1nc2ccccc2nc1N1CCN(c2nc3cc(C(C)C)ccc3o2)CC1. The zero-order valence-corrected chi connectivity index (χ0v) is 17.1. The Morgan fingerprint density at radius 2 is 1.52 bits per heavy atom. The quantitative estimate of drug-likeness (QED) is 0.515. The molecule has 3 heterocycles. The van der Waals surface area contributed by atoms with Crippen molar-refractivity contribution < 1.29 is 4.42 Å². The average molecular weight is 387 g/mol. The molecule has 0 unspecified atom stereocenters. The van der Waals surface area contributed by atoms with Gasteiger partial charge < -0.3 is 14.2 Å². The van der Waals surface area contributed by atoms with E-state index in [2.05, 4.69) is 35.8 Å². The van der Waals surface area contributed by atoms with Crippen LogP contribution in [0.1, 0.15) is 31.0 Å². The molecule has 4 aromatic rings. The van der Waals surface area contributed by atoms with Gasteiger partial charge in [0.25, 0.3) is 6.01 Å². The van der Waals surface area contributed by atoms with E-state index in [4.69, 9.17) is 19.4 Å². The summed E-state index contributed by atoms with van der Waals surface area (Å²) in [5, 5.41) is 0. The molecular formula is C23H25N5O. The number of rotatable bonds is 3. The molecule has 0 bridgehead atoms. The number of oxazole rings is 1. The van der Waals surface area contributed by atoms with Gasteiger partial charge in [-0.2, -0.15) is 4.98 Å². The van der Waals surface area contributed by atoms with E-state index in [0.717, 1.165) is 59.8 Å². The van der Waals surface area contributed by atoms with Crippen molar-refractivity contribution in [3.8, 4) is 0 Å². The van der Waals surface area contributed by atoms with E-state index in [1.165, 1.54) is 5.56 Å². The van der Waals surface area contributed by atoms with Crippen LogP contribution in [0.2, 0.25) is 0 Å². The van der Waals surface area contributed by atoms with Crippen LogP contribution in [0.15, 0.2) is 46.9 Å². The van der Waals surface area contributed by atoms with E-state index in [-0.39, 0.29) is 0 Å². The summed E-state index contributed by atoms with van der Waals surface area (Å²) < 4.78 is 6.03. The molecule has 2 aromatic heterocycles. The monoisotopic (exact) mass is 387 g/mol. The number of aromatic nitrogens is 3. The lowest BCUT2D eigenvalue weighted by Crippen LogP contribution is -2.47. The Morgan fingerprint density at radius 1 is 0.828 bits per heavy atom. The van der Waals surface area contributed by atoms with Crippen molar-refractivity contribution in [1.29, 1.82) is 0 Å². The number of benzene rings is 2. The van der Waals surface area contributed by atoms with Gasteiger partial charge in [0.1, 0.15) is 5.52 Å². The summed E-state index contributed by atoms with van der Waals surface area (Å²) in [6.45, 7) is 9.84. The second-order valence-electron chi connectivity index (χ2n) is 7.97. The number of anilines is 2. The molecule has 0 N–H and O–H groups in total. The molecule has 148 valence electrons. The first-order valence-electron chi connectivity index (χ1n) is 10.2. The lowest BCUT2D eigenvalue weighted by Gasteiger charge is -2.35. The molecule has 1 fully saturated rings. The minimum atomic E-state index is 0.481. The first-order valence-corrected chi connectivity index (χ1v) is 10.2. The van der Waals surface area contributed by atoms with Gasteiger partial charge in [-0.15, -0.1) is 0 Å². The molecule has 0 saturated carbocycles. The van der Waals surface area contributed by atoms with Gasteiger partial charge in [0.15, 0.2) is 11.4 Å². The van der Waals surface area contributed by atoms with Gasteiger partial charge in [0, 0.05) is 26.2 Å². The van der Waals surface area contributed by atoms with Crippen LogP contribution >= 0.6 is 0 Å². The first-order chi connectivity index (χ1) is 14.1. The van der Waals surface area contributed by atoms with E-state index in [9.17, 15) is 0 Å². The largest absolute Gasteiger partial charge is 0.423 e. The fourth-order valence-electron chi connectivity index (χ4n) is 3.91. The third-order valence-corrected chi connectivity index (χ3v) is 5.64. The number of nitrogens with zero attached hydrogens (tertiary/aromatic N) is 5. The Hall–Kier alpha value is -3.15. The van der Waals surface area contributed by atoms with Crippen molar-refractivity contribution in [2.45, 2.75) is 26.7 Å². The molecule has 29 heavy (non-hydrogen) atoms. The van der Waals surface area contributed by atoms with Crippen molar-refractivity contribution in [2.24, 2.45) is 0 Å². The van der Waals surface area contributed by atoms with Gasteiger partial charge >= 0.3 is 0 Å². The van der Waals surface area contributed by atoms with Crippen LogP contribution in [0.25, 0.3) is 22.1 Å². The van der Waals surface area contributed by atoms with Gasteiger partial charge in [-0.3, -0.25) is 0 Å². The standard InChI is InChI=1S/C23H25N5O/c1-15(2)17-8-9-21-20(14-17)26-23(29-21)28-12-10-27(11-13-28)22-16(3)24-18-6-4-5-7-19(18)25-22/h4-9,14-15H,10-13H2,1-3H3. The molecule has 1 saturated heterocycles. The molecule has 6 nitrogen and oxygen atoms in total. The maximum absolute atomic E-state index is 6.03. The van der Waals surface area contributed by atoms with Crippen LogP contribution in [0.5, 0.6) is 0 Å². The van der Waals surface area contributed by atoms with Crippen LogP contribution in [-0.4, -0.2) is 41.1 Å². The predicted octanol–water partition coefficient (Wildman–Crippen LogP) is 4.53. The molecule has 6 heteroatoms. The number of para-hydroxylation sites is 2. The van der Waals surface area contributed by atoms with E-state index >= 15 is 0 Å². The first kappa shape index (κ1) is 17.9. The zero-order valence-electron chi connectivity index (χ0n) is 17.1. The fraction of sp³-hybridized carbons (Fsp3) is 0.348. The van der Waals surface area contributed by atoms with E-state index in [0.29, 0.717) is 11.9 Å². The van der Waals surface area contributed by atoms with Crippen LogP contribution in [0.3, 0.4) is 0 Å². The van der Waals surface area contributed by atoms with Gasteiger partial charge in [0.05, 0.1) is 16.7 Å². The summed E-state index contributed by atoms with van der Waals surface area (Å²) in [5.41, 5.74) is 5.93. The van der Waals surface area contributed by atoms with Gasteiger partial charge in [-0.25, -0.2) is 9.97 Å². The number of hydrogen-bond acceptors (Lipinski definition) is 6. The Kier molecular flexibility index (Phi) is 4.34. The summed E-state index contributed by atoms with van der Waals surface area (Å²) in [4.78, 5) is 18.9. The van der Waals surface area contributed by atoms with Gasteiger partial charge in [0.2, 0.25) is 0 Å². The summed E-state index contributed by atoms with van der Waals surface area (Å²) in [7, 11) is 0. The molecule has 2 aromatic carbocycles. The van der Waals surface area contributed by atoms with Crippen LogP contribution in [-0.2, 0) is 0 Å². The zero-order chi connectivity index (χ0) is 20.0. The van der Waals surface area contributed by atoms with Gasteiger partial charge in [-0.05, 0) is 42.7 Å². The molecule has 0 aliphatic carbocycles. The molecule has 0 spiro atoms. The number of hydrogen-bond donors (Lipinski definition) is 0.